The van der Waals surface area contributed by atoms with Gasteiger partial charge in [0, 0.05) is 54.7 Å². The standard InChI is InChI=1S/C43H64N6O11/c1-12-33-43(9,54)39-26(4)35(46-29(7)50)24(2)19-42(8,56-23-31(22-55-39)47-57-21-30-14-15-34(44-20-30)49-17-13-16-45-49)38(27(5)36(51)28(6)40(53)59-33)60-41-37(52)32(48(10)11)18-25(3)58-41/h13-17,20,24-28,32-33,37-39,41,52,54H,12,18-19,21-23H2,1-11H3/b46-35?,47-31+/t24-,25-,26+,27+,28-,32+,33-,37-,38-,39-,41+,42-,43-/m1/s1. The number of aliphatic hydroxyl groups is 2. The second kappa shape index (κ2) is 19.8. The van der Waals surface area contributed by atoms with Crippen LogP contribution in [0.3, 0.4) is 0 Å². The van der Waals surface area contributed by atoms with Crippen molar-refractivity contribution in [1.82, 2.24) is 19.7 Å². The number of Topliss-reactive ketones (excluding diaryl/α,β-unsaturated/α-hetero) is 1. The smallest absolute Gasteiger partial charge is 0.316 e. The molecule has 17 heteroatoms. The predicted octanol–water partition coefficient (Wildman–Crippen LogP) is 3.70. The molecule has 0 saturated carbocycles. The zero-order chi connectivity index (χ0) is 44.1. The van der Waals surface area contributed by atoms with Crippen LogP contribution in [0.5, 0.6) is 0 Å². The molecule has 13 atom stereocenters. The van der Waals surface area contributed by atoms with Gasteiger partial charge in [-0.1, -0.05) is 38.9 Å². The molecule has 1 amide bonds. The Kier molecular flexibility index (Phi) is 15.6. The monoisotopic (exact) mass is 840 g/mol. The first-order valence-corrected chi connectivity index (χ1v) is 20.9. The molecule has 2 aromatic rings. The van der Waals surface area contributed by atoms with Crippen LogP contribution in [0.4, 0.5) is 0 Å². The third-order valence-corrected chi connectivity index (χ3v) is 12.1. The molecule has 0 spiro atoms. The number of nitrogens with zero attached hydrogens (tertiary/aromatic N) is 6. The molecular weight excluding hydrogens is 777 g/mol. The number of carbonyl (C=O) groups is 3. The van der Waals surface area contributed by atoms with Gasteiger partial charge in [-0.2, -0.15) is 5.10 Å². The lowest BCUT2D eigenvalue weighted by atomic mass is 9.73. The zero-order valence-electron chi connectivity index (χ0n) is 36.8. The molecule has 3 saturated heterocycles. The minimum Gasteiger partial charge on any atom is -0.459 e. The zero-order valence-corrected chi connectivity index (χ0v) is 36.8. The molecule has 60 heavy (non-hydrogen) atoms. The van der Waals surface area contributed by atoms with E-state index in [1.54, 1.807) is 63.1 Å². The fourth-order valence-electron chi connectivity index (χ4n) is 8.85. The summed E-state index contributed by atoms with van der Waals surface area (Å²) < 4.78 is 34.1. The van der Waals surface area contributed by atoms with Gasteiger partial charge in [0.1, 0.15) is 36.0 Å². The van der Waals surface area contributed by atoms with E-state index in [2.05, 4.69) is 20.2 Å². The van der Waals surface area contributed by atoms with Gasteiger partial charge >= 0.3 is 5.97 Å². The van der Waals surface area contributed by atoms with Gasteiger partial charge in [0.25, 0.3) is 0 Å². The van der Waals surface area contributed by atoms with Crippen LogP contribution in [0, 0.1) is 23.7 Å². The molecule has 0 radical (unpaired) electrons. The van der Waals surface area contributed by atoms with Crippen molar-refractivity contribution < 1.29 is 53.1 Å². The highest BCUT2D eigenvalue weighted by molar-refractivity contribution is 6.00. The maximum Gasteiger partial charge on any atom is 0.316 e. The number of rotatable bonds is 8. The molecule has 5 heterocycles. The van der Waals surface area contributed by atoms with Crippen molar-refractivity contribution in [3.63, 3.8) is 0 Å². The number of likely N-dealkylation sites (N-methyl/N-ethyl adjacent to an activating group) is 1. The number of aliphatic hydroxyl groups excluding tert-OH is 1. The SMILES string of the molecule is CC[C@H]1OC(=O)[C@H](C)C(=O)[C@H](C)[C@@H](O[C@@H]2O[C@H](C)C[C@H](N(C)C)[C@H]2O)[C@@]2(C)C[C@@H](C)C(=NC(C)=O)[C@H](C)[C@@H](OC/C(=N\OCc3ccc(-n4cccn4)nc3)CO2)[C@]1(C)O. The summed E-state index contributed by atoms with van der Waals surface area (Å²) in [5, 5.41) is 32.8. The summed E-state index contributed by atoms with van der Waals surface area (Å²) >= 11 is 0. The lowest BCUT2D eigenvalue weighted by Gasteiger charge is -2.47. The molecule has 2 aromatic heterocycles. The largest absolute Gasteiger partial charge is 0.459 e. The number of ketones is 1. The van der Waals surface area contributed by atoms with Gasteiger partial charge in [0.05, 0.1) is 37.1 Å². The van der Waals surface area contributed by atoms with Gasteiger partial charge in [-0.05, 0) is 79.1 Å². The molecule has 332 valence electrons. The van der Waals surface area contributed by atoms with Crippen molar-refractivity contribution in [2.75, 3.05) is 27.3 Å². The van der Waals surface area contributed by atoms with Crippen molar-refractivity contribution in [2.45, 2.75) is 142 Å². The molecule has 5 rings (SSSR count). The molecule has 0 aromatic carbocycles. The van der Waals surface area contributed by atoms with Crippen LogP contribution in [-0.4, -0.2) is 140 Å². The van der Waals surface area contributed by atoms with E-state index in [1.807, 2.05) is 38.9 Å². The summed E-state index contributed by atoms with van der Waals surface area (Å²) in [5.74, 6) is -4.71. The topological polar surface area (TPSA) is 206 Å². The molecule has 2 bridgehead atoms. The van der Waals surface area contributed by atoms with Crippen LogP contribution < -0.4 is 0 Å². The summed E-state index contributed by atoms with van der Waals surface area (Å²) in [6.07, 6.45) is -0.0360. The third-order valence-electron chi connectivity index (χ3n) is 12.1. The number of aliphatic imine (C=N–C) groups is 1. The molecular formula is C43H64N6O11. The van der Waals surface area contributed by atoms with Gasteiger partial charge in [0.2, 0.25) is 5.91 Å². The van der Waals surface area contributed by atoms with Gasteiger partial charge in [0.15, 0.2) is 17.9 Å². The molecule has 17 nitrogen and oxygen atoms in total. The first-order chi connectivity index (χ1) is 28.3. The van der Waals surface area contributed by atoms with E-state index in [-0.39, 0.29) is 50.5 Å². The number of hydrogen-bond acceptors (Lipinski definition) is 15. The molecule has 0 aliphatic carbocycles. The second-order valence-electron chi connectivity index (χ2n) is 17.3. The number of fused-ring (bicyclic) bond motifs is 5. The Balaban J connectivity index is 1.63. The molecule has 0 unspecified atom stereocenters. The highest BCUT2D eigenvalue weighted by atomic mass is 16.7. The highest BCUT2D eigenvalue weighted by Gasteiger charge is 2.53. The minimum absolute atomic E-state index is 0.0440. The van der Waals surface area contributed by atoms with Crippen LogP contribution in [0.1, 0.15) is 87.1 Å². The Labute approximate surface area is 352 Å². The van der Waals surface area contributed by atoms with Crippen LogP contribution in [0.25, 0.3) is 5.82 Å². The van der Waals surface area contributed by atoms with E-state index in [1.165, 1.54) is 20.8 Å². The third kappa shape index (κ3) is 10.7. The highest BCUT2D eigenvalue weighted by Crippen LogP contribution is 2.40. The summed E-state index contributed by atoms with van der Waals surface area (Å²) in [6.45, 7) is 14.7. The number of oxime groups is 1. The average molecular weight is 841 g/mol. The van der Waals surface area contributed by atoms with Crippen LogP contribution in [0.2, 0.25) is 0 Å². The van der Waals surface area contributed by atoms with Crippen LogP contribution in [-0.2, 0) is 49.5 Å². The number of ether oxygens (including phenoxy) is 5. The maximum atomic E-state index is 14.5. The number of hydrogen-bond donors (Lipinski definition) is 2. The van der Waals surface area contributed by atoms with Crippen molar-refractivity contribution in [3.05, 3.63) is 42.4 Å². The summed E-state index contributed by atoms with van der Waals surface area (Å²) in [4.78, 5) is 58.0. The summed E-state index contributed by atoms with van der Waals surface area (Å²) in [5.41, 5.74) is -1.84. The fraction of sp³-hybridized carbons (Fsp3) is 0.698. The molecule has 3 fully saturated rings. The number of aromatic nitrogens is 3. The van der Waals surface area contributed by atoms with E-state index >= 15 is 0 Å². The first-order valence-electron chi connectivity index (χ1n) is 20.9. The number of pyridine rings is 1. The maximum absolute atomic E-state index is 14.5. The molecule has 3 aliphatic rings. The minimum atomic E-state index is -1.86. The number of esters is 1. The Morgan fingerprint density at radius 1 is 1.10 bits per heavy atom. The van der Waals surface area contributed by atoms with Crippen molar-refractivity contribution in [3.8, 4) is 5.82 Å². The normalized spacial score (nSPS) is 37.6. The lowest BCUT2D eigenvalue weighted by molar-refractivity contribution is -0.296. The van der Waals surface area contributed by atoms with Crippen LogP contribution in [0.15, 0.2) is 46.9 Å². The summed E-state index contributed by atoms with van der Waals surface area (Å²) in [7, 11) is 3.73. The second-order valence-corrected chi connectivity index (χ2v) is 17.3. The van der Waals surface area contributed by atoms with Crippen molar-refractivity contribution in [2.24, 2.45) is 33.8 Å². The number of carbonyl (C=O) groups excluding carboxylic acids is 3. The van der Waals surface area contributed by atoms with Gasteiger partial charge < -0.3 is 43.6 Å². The Morgan fingerprint density at radius 2 is 1.83 bits per heavy atom. The Hall–Kier alpha value is -3.97. The van der Waals surface area contributed by atoms with E-state index in [4.69, 9.17) is 28.5 Å². The quantitative estimate of drug-likeness (QED) is 0.221. The molecule has 2 N–H and O–H groups in total. The van der Waals surface area contributed by atoms with Gasteiger partial charge in [-0.3, -0.25) is 14.4 Å². The van der Waals surface area contributed by atoms with E-state index in [9.17, 15) is 24.6 Å². The van der Waals surface area contributed by atoms with E-state index < -0.39 is 83.2 Å². The van der Waals surface area contributed by atoms with Crippen molar-refractivity contribution in [1.29, 1.82) is 0 Å². The predicted molar refractivity (Wildman–Crippen MR) is 220 cm³/mol. The van der Waals surface area contributed by atoms with E-state index in [0.29, 0.717) is 18.0 Å². The van der Waals surface area contributed by atoms with Gasteiger partial charge in [-0.15, -0.1) is 0 Å². The number of cyclic esters (lactones) is 1. The van der Waals surface area contributed by atoms with Crippen LogP contribution >= 0.6 is 0 Å². The summed E-state index contributed by atoms with van der Waals surface area (Å²) in [6, 6.07) is 5.13. The fourth-order valence-corrected chi connectivity index (χ4v) is 8.85. The Morgan fingerprint density at radius 3 is 2.45 bits per heavy atom. The Bertz CT molecular complexity index is 1840. The number of amides is 1. The van der Waals surface area contributed by atoms with Crippen molar-refractivity contribution >= 4 is 29.1 Å². The molecule has 3 aliphatic heterocycles. The lowest BCUT2D eigenvalue weighted by Crippen LogP contribution is -2.60. The average Bonchev–Trinajstić information content (AvgIpc) is 3.74. The first kappa shape index (κ1) is 47.1. The van der Waals surface area contributed by atoms with Gasteiger partial charge in [-0.25, -0.2) is 14.7 Å². The van der Waals surface area contributed by atoms with E-state index in [0.717, 1.165) is 5.56 Å².